The average molecular weight is 372 g/mol. The van der Waals surface area contributed by atoms with Crippen LogP contribution in [0.2, 0.25) is 0 Å². The normalized spacial score (nSPS) is 10.4. The lowest BCUT2D eigenvalue weighted by atomic mass is 10.1. The average Bonchev–Trinajstić information content (AvgIpc) is 3.10. The predicted molar refractivity (Wildman–Crippen MR) is 99.4 cm³/mol. The van der Waals surface area contributed by atoms with Crippen molar-refractivity contribution in [2.75, 3.05) is 19.5 Å². The molecule has 0 radical (unpaired) electrons. The molecule has 2 aromatic carbocycles. The van der Waals surface area contributed by atoms with Gasteiger partial charge in [0.2, 0.25) is 5.91 Å². The van der Waals surface area contributed by atoms with Crippen molar-refractivity contribution in [2.24, 2.45) is 0 Å². The Morgan fingerprint density at radius 2 is 1.92 bits per heavy atom. The van der Waals surface area contributed by atoms with Gasteiger partial charge in [0.15, 0.2) is 16.7 Å². The van der Waals surface area contributed by atoms with E-state index in [1.54, 1.807) is 24.6 Å². The van der Waals surface area contributed by atoms with E-state index in [1.165, 1.54) is 24.5 Å². The summed E-state index contributed by atoms with van der Waals surface area (Å²) in [6.45, 7) is 0. The number of ether oxygens (including phenoxy) is 2. The number of hydrogen-bond acceptors (Lipinski definition) is 5. The van der Waals surface area contributed by atoms with Gasteiger partial charge in [-0.2, -0.15) is 0 Å². The quantitative estimate of drug-likeness (QED) is 0.706. The summed E-state index contributed by atoms with van der Waals surface area (Å²) in [4.78, 5) is 16.5. The van der Waals surface area contributed by atoms with Crippen molar-refractivity contribution in [1.82, 2.24) is 4.98 Å². The van der Waals surface area contributed by atoms with Gasteiger partial charge in [0.1, 0.15) is 5.75 Å². The Morgan fingerprint density at radius 1 is 1.15 bits per heavy atom. The van der Waals surface area contributed by atoms with Gasteiger partial charge in [-0.25, -0.2) is 9.37 Å². The Hall–Kier alpha value is -2.93. The van der Waals surface area contributed by atoms with Crippen molar-refractivity contribution >= 4 is 22.4 Å². The first-order valence-electron chi connectivity index (χ1n) is 7.81. The van der Waals surface area contributed by atoms with E-state index >= 15 is 0 Å². The third-order valence-electron chi connectivity index (χ3n) is 3.72. The minimum absolute atomic E-state index is 0.169. The molecule has 7 heteroatoms. The minimum Gasteiger partial charge on any atom is -0.497 e. The highest BCUT2D eigenvalue weighted by Crippen LogP contribution is 2.28. The highest BCUT2D eigenvalue weighted by molar-refractivity contribution is 7.14. The van der Waals surface area contributed by atoms with Crippen LogP contribution in [0.15, 0.2) is 47.8 Å². The Kier molecular flexibility index (Phi) is 5.48. The third kappa shape index (κ3) is 4.18. The summed E-state index contributed by atoms with van der Waals surface area (Å²) in [6, 6.07) is 11.9. The van der Waals surface area contributed by atoms with Gasteiger partial charge in [0, 0.05) is 10.9 Å². The lowest BCUT2D eigenvalue weighted by molar-refractivity contribution is -0.115. The fourth-order valence-electron chi connectivity index (χ4n) is 2.38. The molecule has 1 heterocycles. The lowest BCUT2D eigenvalue weighted by Gasteiger charge is -2.04. The van der Waals surface area contributed by atoms with Crippen LogP contribution in [0, 0.1) is 5.82 Å². The summed E-state index contributed by atoms with van der Waals surface area (Å²) in [5.74, 6) is 0.294. The van der Waals surface area contributed by atoms with Gasteiger partial charge in [0.25, 0.3) is 0 Å². The fraction of sp³-hybridized carbons (Fsp3) is 0.158. The van der Waals surface area contributed by atoms with Crippen LogP contribution in [0.4, 0.5) is 9.52 Å². The Bertz CT molecular complexity index is 909. The molecular weight excluding hydrogens is 355 g/mol. The molecule has 0 saturated carbocycles. The highest BCUT2D eigenvalue weighted by atomic mass is 32.1. The van der Waals surface area contributed by atoms with E-state index in [9.17, 15) is 9.18 Å². The van der Waals surface area contributed by atoms with Crippen LogP contribution in [0.25, 0.3) is 11.3 Å². The topological polar surface area (TPSA) is 60.5 Å². The number of aromatic nitrogens is 1. The van der Waals surface area contributed by atoms with E-state index < -0.39 is 5.82 Å². The molecule has 3 rings (SSSR count). The monoisotopic (exact) mass is 372 g/mol. The maximum absolute atomic E-state index is 13.8. The molecule has 134 valence electrons. The predicted octanol–water partition coefficient (Wildman–Crippen LogP) is 4.15. The second-order valence-corrected chi connectivity index (χ2v) is 6.32. The van der Waals surface area contributed by atoms with Crippen molar-refractivity contribution in [2.45, 2.75) is 6.42 Å². The molecule has 0 aliphatic heterocycles. The molecular formula is C19H17FN2O3S. The van der Waals surface area contributed by atoms with Crippen LogP contribution >= 0.6 is 11.3 Å². The summed E-state index contributed by atoms with van der Waals surface area (Å²) in [5, 5.41) is 5.00. The SMILES string of the molecule is COc1ccc(CC(=O)Nc2nc(-c3ccc(OC)c(F)c3)cs2)cc1. The molecule has 0 unspecified atom stereocenters. The summed E-state index contributed by atoms with van der Waals surface area (Å²) < 4.78 is 23.8. The molecule has 5 nitrogen and oxygen atoms in total. The zero-order valence-electron chi connectivity index (χ0n) is 14.3. The first-order valence-corrected chi connectivity index (χ1v) is 8.69. The minimum atomic E-state index is -0.455. The number of methoxy groups -OCH3 is 2. The number of nitrogens with one attached hydrogen (secondary N) is 1. The molecule has 0 bridgehead atoms. The third-order valence-corrected chi connectivity index (χ3v) is 4.48. The molecule has 0 aliphatic rings. The maximum Gasteiger partial charge on any atom is 0.230 e. The number of benzene rings is 2. The van der Waals surface area contributed by atoms with Gasteiger partial charge in [-0.1, -0.05) is 12.1 Å². The molecule has 0 atom stereocenters. The summed E-state index contributed by atoms with van der Waals surface area (Å²) in [5.41, 5.74) is 2.09. The number of carbonyl (C=O) groups excluding carboxylic acids is 1. The standard InChI is InChI=1S/C19H17FN2O3S/c1-24-14-6-3-12(4-7-14)9-18(23)22-19-21-16(11-26-19)13-5-8-17(25-2)15(20)10-13/h3-8,10-11H,9H2,1-2H3,(H,21,22,23). The van der Waals surface area contributed by atoms with Crippen LogP contribution in [0.1, 0.15) is 5.56 Å². The van der Waals surface area contributed by atoms with Crippen LogP contribution < -0.4 is 14.8 Å². The number of hydrogen-bond donors (Lipinski definition) is 1. The van der Waals surface area contributed by atoms with Crippen LogP contribution in [-0.4, -0.2) is 25.1 Å². The first-order chi connectivity index (χ1) is 12.6. The second-order valence-electron chi connectivity index (χ2n) is 5.46. The summed E-state index contributed by atoms with van der Waals surface area (Å²) >= 11 is 1.29. The number of halogens is 1. The second kappa shape index (κ2) is 7.97. The fourth-order valence-corrected chi connectivity index (χ4v) is 3.12. The molecule has 1 aromatic heterocycles. The summed E-state index contributed by atoms with van der Waals surface area (Å²) in [6.07, 6.45) is 0.232. The van der Waals surface area contributed by atoms with Gasteiger partial charge < -0.3 is 14.8 Å². The molecule has 3 aromatic rings. The zero-order valence-corrected chi connectivity index (χ0v) is 15.1. The van der Waals surface area contributed by atoms with Crippen LogP contribution in [-0.2, 0) is 11.2 Å². The van der Waals surface area contributed by atoms with Crippen molar-refractivity contribution in [1.29, 1.82) is 0 Å². The lowest BCUT2D eigenvalue weighted by Crippen LogP contribution is -2.14. The van der Waals surface area contributed by atoms with Crippen LogP contribution in [0.5, 0.6) is 11.5 Å². The number of carbonyl (C=O) groups is 1. The zero-order chi connectivity index (χ0) is 18.5. The first kappa shape index (κ1) is 17.9. The van der Waals surface area contributed by atoms with Gasteiger partial charge >= 0.3 is 0 Å². The number of amides is 1. The number of thiazole rings is 1. The molecule has 0 spiro atoms. The van der Waals surface area contributed by atoms with Gasteiger partial charge in [0.05, 0.1) is 26.3 Å². The number of rotatable bonds is 6. The number of anilines is 1. The molecule has 0 fully saturated rings. The molecule has 26 heavy (non-hydrogen) atoms. The smallest absolute Gasteiger partial charge is 0.230 e. The van der Waals surface area contributed by atoms with Crippen molar-refractivity contribution in [3.63, 3.8) is 0 Å². The van der Waals surface area contributed by atoms with Crippen molar-refractivity contribution in [3.8, 4) is 22.8 Å². The van der Waals surface area contributed by atoms with E-state index in [2.05, 4.69) is 10.3 Å². The molecule has 1 amide bonds. The van der Waals surface area contributed by atoms with E-state index in [0.29, 0.717) is 16.4 Å². The number of nitrogens with zero attached hydrogens (tertiary/aromatic N) is 1. The van der Waals surface area contributed by atoms with Gasteiger partial charge in [-0.3, -0.25) is 4.79 Å². The summed E-state index contributed by atoms with van der Waals surface area (Å²) in [7, 11) is 3.01. The van der Waals surface area contributed by atoms with Crippen molar-refractivity contribution < 1.29 is 18.7 Å². The largest absolute Gasteiger partial charge is 0.497 e. The van der Waals surface area contributed by atoms with Gasteiger partial charge in [-0.15, -0.1) is 11.3 Å². The van der Waals surface area contributed by atoms with E-state index in [-0.39, 0.29) is 18.1 Å². The van der Waals surface area contributed by atoms with E-state index in [4.69, 9.17) is 9.47 Å². The Labute approximate surface area is 154 Å². The molecule has 0 saturated heterocycles. The van der Waals surface area contributed by atoms with E-state index in [0.717, 1.165) is 11.3 Å². The van der Waals surface area contributed by atoms with Crippen molar-refractivity contribution in [3.05, 3.63) is 59.2 Å². The van der Waals surface area contributed by atoms with Gasteiger partial charge in [-0.05, 0) is 35.9 Å². The highest BCUT2D eigenvalue weighted by Gasteiger charge is 2.11. The Balaban J connectivity index is 1.65. The molecule has 0 aliphatic carbocycles. The van der Waals surface area contributed by atoms with Crippen LogP contribution in [0.3, 0.4) is 0 Å². The molecule has 1 N–H and O–H groups in total. The van der Waals surface area contributed by atoms with E-state index in [1.807, 2.05) is 24.3 Å². The maximum atomic E-state index is 13.8. The Morgan fingerprint density at radius 3 is 2.58 bits per heavy atom.